The van der Waals surface area contributed by atoms with Crippen molar-refractivity contribution in [1.82, 2.24) is 9.80 Å². The molecule has 0 saturated carbocycles. The minimum Gasteiger partial charge on any atom is -0.447 e. The van der Waals surface area contributed by atoms with Gasteiger partial charge in [0.25, 0.3) is 0 Å². The molecule has 0 N–H and O–H groups in total. The highest BCUT2D eigenvalue weighted by molar-refractivity contribution is 7.07. The van der Waals surface area contributed by atoms with Gasteiger partial charge in [-0.1, -0.05) is 36.4 Å². The van der Waals surface area contributed by atoms with Crippen molar-refractivity contribution in [3.63, 3.8) is 0 Å². The average molecular weight is 411 g/mol. The number of thiophene rings is 1. The topological polar surface area (TPSA) is 49.9 Å². The summed E-state index contributed by atoms with van der Waals surface area (Å²) in [4.78, 5) is 29.6. The van der Waals surface area contributed by atoms with Gasteiger partial charge < -0.3 is 4.74 Å². The van der Waals surface area contributed by atoms with Crippen LogP contribution >= 0.6 is 11.3 Å². The summed E-state index contributed by atoms with van der Waals surface area (Å²) < 4.78 is 5.28. The molecule has 2 fully saturated rings. The molecule has 1 aromatic heterocycles. The van der Waals surface area contributed by atoms with E-state index in [4.69, 9.17) is 4.74 Å². The molecule has 0 spiro atoms. The highest BCUT2D eigenvalue weighted by atomic mass is 32.1. The zero-order valence-corrected chi connectivity index (χ0v) is 17.2. The quantitative estimate of drug-likeness (QED) is 0.655. The van der Waals surface area contributed by atoms with Crippen LogP contribution in [0.5, 0.6) is 0 Å². The number of nitrogens with zero attached hydrogens (tertiary/aromatic N) is 2. The first-order valence-electron chi connectivity index (χ1n) is 10.0. The average Bonchev–Trinajstić information content (AvgIpc) is 3.45. The SMILES string of the molecule is C=CCN1CC(C(=O)N2C(=O)OC[C@@H]2Cc2ccccc2)[C@@H](Cc2ccsc2)C1. The maximum absolute atomic E-state index is 13.5. The molecule has 0 aliphatic carbocycles. The summed E-state index contributed by atoms with van der Waals surface area (Å²) in [7, 11) is 0. The Morgan fingerprint density at radius 1 is 1.17 bits per heavy atom. The van der Waals surface area contributed by atoms with Crippen LogP contribution in [0.3, 0.4) is 0 Å². The van der Waals surface area contributed by atoms with Crippen molar-refractivity contribution >= 4 is 23.3 Å². The molecule has 0 bridgehead atoms. The number of benzene rings is 1. The summed E-state index contributed by atoms with van der Waals surface area (Å²) in [6.07, 6.45) is 2.83. The van der Waals surface area contributed by atoms with Crippen LogP contribution in [0.4, 0.5) is 4.79 Å². The highest BCUT2D eigenvalue weighted by Gasteiger charge is 2.45. The van der Waals surface area contributed by atoms with Crippen LogP contribution in [-0.4, -0.2) is 54.1 Å². The van der Waals surface area contributed by atoms with Crippen molar-refractivity contribution < 1.29 is 14.3 Å². The number of carbonyl (C=O) groups is 2. The van der Waals surface area contributed by atoms with Crippen LogP contribution in [0.1, 0.15) is 11.1 Å². The Morgan fingerprint density at radius 3 is 2.72 bits per heavy atom. The van der Waals surface area contributed by atoms with Crippen molar-refractivity contribution in [3.05, 3.63) is 70.9 Å². The van der Waals surface area contributed by atoms with Gasteiger partial charge in [-0.3, -0.25) is 9.69 Å². The number of ether oxygens (including phenoxy) is 1. The lowest BCUT2D eigenvalue weighted by atomic mass is 9.89. The smallest absolute Gasteiger partial charge is 0.416 e. The number of imide groups is 1. The second kappa shape index (κ2) is 8.93. The molecule has 2 aromatic rings. The van der Waals surface area contributed by atoms with Crippen molar-refractivity contribution in [2.75, 3.05) is 26.2 Å². The van der Waals surface area contributed by atoms with Crippen molar-refractivity contribution in [2.24, 2.45) is 11.8 Å². The van der Waals surface area contributed by atoms with Gasteiger partial charge >= 0.3 is 6.09 Å². The fourth-order valence-corrected chi connectivity index (χ4v) is 5.12. The summed E-state index contributed by atoms with van der Waals surface area (Å²) >= 11 is 1.67. The summed E-state index contributed by atoms with van der Waals surface area (Å²) in [5, 5.41) is 4.20. The molecule has 3 atom stereocenters. The third-order valence-corrected chi connectivity index (χ3v) is 6.54. The third kappa shape index (κ3) is 4.43. The lowest BCUT2D eigenvalue weighted by molar-refractivity contribution is -0.134. The number of hydrogen-bond acceptors (Lipinski definition) is 5. The van der Waals surface area contributed by atoms with Crippen LogP contribution in [0.15, 0.2) is 59.8 Å². The number of carbonyl (C=O) groups excluding carboxylic acids is 2. The summed E-state index contributed by atoms with van der Waals surface area (Å²) in [5.41, 5.74) is 2.35. The number of hydrogen-bond donors (Lipinski definition) is 0. The van der Waals surface area contributed by atoms with Crippen molar-refractivity contribution in [3.8, 4) is 0 Å². The van der Waals surface area contributed by atoms with Crippen molar-refractivity contribution in [2.45, 2.75) is 18.9 Å². The fourth-order valence-electron chi connectivity index (χ4n) is 4.44. The van der Waals surface area contributed by atoms with Gasteiger partial charge in [0.05, 0.1) is 12.0 Å². The second-order valence-electron chi connectivity index (χ2n) is 7.84. The van der Waals surface area contributed by atoms with Gasteiger partial charge in [-0.05, 0) is 46.7 Å². The lowest BCUT2D eigenvalue weighted by Gasteiger charge is -2.25. The molecule has 29 heavy (non-hydrogen) atoms. The zero-order valence-electron chi connectivity index (χ0n) is 16.4. The van der Waals surface area contributed by atoms with Gasteiger partial charge in [-0.2, -0.15) is 11.3 Å². The van der Waals surface area contributed by atoms with Crippen molar-refractivity contribution in [1.29, 1.82) is 0 Å². The second-order valence-corrected chi connectivity index (χ2v) is 8.62. The molecule has 1 unspecified atom stereocenters. The third-order valence-electron chi connectivity index (χ3n) is 5.81. The molecule has 2 aliphatic rings. The van der Waals surface area contributed by atoms with Gasteiger partial charge in [0.15, 0.2) is 0 Å². The maximum atomic E-state index is 13.5. The summed E-state index contributed by atoms with van der Waals surface area (Å²) in [6.45, 7) is 6.34. The van der Waals surface area contributed by atoms with E-state index < -0.39 is 6.09 Å². The van der Waals surface area contributed by atoms with E-state index in [0.717, 1.165) is 25.1 Å². The standard InChI is InChI=1S/C23H26N2O3S/c1-2-9-24-13-19(11-18-8-10-29-16-18)21(14-24)22(26)25-20(15-28-23(25)27)12-17-6-4-3-5-7-17/h2-8,10,16,19-21H,1,9,11-15H2/t19-,20-,21?/m0/s1. The van der Waals surface area contributed by atoms with Gasteiger partial charge in [0, 0.05) is 19.6 Å². The molecule has 2 saturated heterocycles. The van der Waals surface area contributed by atoms with Gasteiger partial charge in [-0.15, -0.1) is 6.58 Å². The van der Waals surface area contributed by atoms with E-state index in [1.807, 2.05) is 36.4 Å². The maximum Gasteiger partial charge on any atom is 0.416 e. The predicted octanol–water partition coefficient (Wildman–Crippen LogP) is 3.61. The first kappa shape index (κ1) is 19.9. The van der Waals surface area contributed by atoms with Crippen LogP contribution in [0.25, 0.3) is 0 Å². The van der Waals surface area contributed by atoms with E-state index in [2.05, 4.69) is 28.3 Å². The van der Waals surface area contributed by atoms with E-state index in [0.29, 0.717) is 13.0 Å². The number of likely N-dealkylation sites (tertiary alicyclic amines) is 1. The molecular weight excluding hydrogens is 384 g/mol. The zero-order chi connectivity index (χ0) is 20.2. The van der Waals surface area contributed by atoms with Crippen LogP contribution < -0.4 is 0 Å². The van der Waals surface area contributed by atoms with Crippen LogP contribution in [0.2, 0.25) is 0 Å². The summed E-state index contributed by atoms with van der Waals surface area (Å²) in [6, 6.07) is 11.8. The molecule has 2 aliphatic heterocycles. The molecule has 4 rings (SSSR count). The summed E-state index contributed by atoms with van der Waals surface area (Å²) in [5.74, 6) is -0.123. The van der Waals surface area contributed by atoms with E-state index in [1.54, 1.807) is 11.3 Å². The van der Waals surface area contributed by atoms with Crippen LogP contribution in [-0.2, 0) is 22.4 Å². The van der Waals surface area contributed by atoms with Gasteiger partial charge in [0.2, 0.25) is 5.91 Å². The number of amides is 2. The Balaban J connectivity index is 1.52. The Bertz CT molecular complexity index is 852. The van der Waals surface area contributed by atoms with Gasteiger partial charge in [0.1, 0.15) is 6.61 Å². The Labute approximate surface area is 175 Å². The molecule has 2 amide bonds. The molecule has 1 aromatic carbocycles. The van der Waals surface area contributed by atoms with Gasteiger partial charge in [-0.25, -0.2) is 9.69 Å². The van der Waals surface area contributed by atoms with E-state index in [1.165, 1.54) is 10.5 Å². The van der Waals surface area contributed by atoms with Crippen LogP contribution in [0, 0.1) is 11.8 Å². The molecule has 6 heteroatoms. The monoisotopic (exact) mass is 410 g/mol. The Hall–Kier alpha value is -2.44. The minimum absolute atomic E-state index is 0.0970. The number of cyclic esters (lactones) is 1. The molecule has 5 nitrogen and oxygen atoms in total. The lowest BCUT2D eigenvalue weighted by Crippen LogP contribution is -2.45. The highest BCUT2D eigenvalue weighted by Crippen LogP contribution is 2.31. The van der Waals surface area contributed by atoms with E-state index in [9.17, 15) is 9.59 Å². The Kier molecular flexibility index (Phi) is 6.11. The van der Waals surface area contributed by atoms with E-state index in [-0.39, 0.29) is 30.4 Å². The normalized spacial score (nSPS) is 24.6. The predicted molar refractivity (Wildman–Crippen MR) is 114 cm³/mol. The molecule has 0 radical (unpaired) electrons. The molecular formula is C23H26N2O3S. The minimum atomic E-state index is -0.507. The van der Waals surface area contributed by atoms with E-state index >= 15 is 0 Å². The Morgan fingerprint density at radius 2 is 2.00 bits per heavy atom. The molecule has 3 heterocycles. The largest absolute Gasteiger partial charge is 0.447 e. The molecule has 152 valence electrons. The fraction of sp³-hybridized carbons (Fsp3) is 0.391. The number of rotatable bonds is 7. The first-order valence-corrected chi connectivity index (χ1v) is 11.0. The first-order chi connectivity index (χ1) is 14.2.